The minimum atomic E-state index is -4.62. The number of anilines is 1. The highest BCUT2D eigenvalue weighted by Crippen LogP contribution is 2.40. The number of carbonyl (C=O) groups excluding carboxylic acids is 3. The largest absolute Gasteiger partial charge is 0.477 e. The Morgan fingerprint density at radius 1 is 1.22 bits per heavy atom. The molecule has 2 saturated heterocycles. The van der Waals surface area contributed by atoms with E-state index in [2.05, 4.69) is 20.3 Å². The molecule has 5 N–H and O–H groups in total. The first-order chi connectivity index (χ1) is 22.0. The number of fused-ring (bicyclic) bond motifs is 2. The first-order valence-electron chi connectivity index (χ1n) is 13.6. The van der Waals surface area contributed by atoms with Crippen LogP contribution in [0.3, 0.4) is 0 Å². The van der Waals surface area contributed by atoms with E-state index in [1.165, 1.54) is 35.8 Å². The second-order valence-corrected chi connectivity index (χ2v) is 13.7. The Hall–Kier alpha value is -4.31. The van der Waals surface area contributed by atoms with Crippen LogP contribution >= 0.6 is 23.1 Å². The lowest BCUT2D eigenvalue weighted by Gasteiger charge is -2.49. The predicted octanol–water partition coefficient (Wildman–Crippen LogP) is 0.117. The molecule has 0 aliphatic carbocycles. The Bertz CT molecular complexity index is 1830. The van der Waals surface area contributed by atoms with Gasteiger partial charge >= 0.3 is 22.4 Å². The van der Waals surface area contributed by atoms with Crippen LogP contribution in [0.5, 0.6) is 0 Å². The number of hydrogen-bond donors (Lipinski definition) is 4. The van der Waals surface area contributed by atoms with Crippen molar-refractivity contribution < 1.29 is 46.4 Å². The van der Waals surface area contributed by atoms with Gasteiger partial charge in [0.1, 0.15) is 41.8 Å². The lowest BCUT2D eigenvalue weighted by molar-refractivity contribution is -0.150. The predicted molar refractivity (Wildman–Crippen MR) is 160 cm³/mol. The number of aromatic nitrogens is 4. The summed E-state index contributed by atoms with van der Waals surface area (Å²) in [6.45, 7) is -1.01. The van der Waals surface area contributed by atoms with E-state index in [9.17, 15) is 32.7 Å². The van der Waals surface area contributed by atoms with E-state index in [1.807, 2.05) is 5.38 Å². The van der Waals surface area contributed by atoms with Crippen molar-refractivity contribution in [2.75, 3.05) is 24.7 Å². The van der Waals surface area contributed by atoms with Crippen LogP contribution in [0.4, 0.5) is 10.6 Å². The second-order valence-electron chi connectivity index (χ2n) is 10.3. The maximum absolute atomic E-state index is 12.8. The molecule has 0 bridgehead atoms. The van der Waals surface area contributed by atoms with Gasteiger partial charge in [0.25, 0.3) is 5.91 Å². The molecule has 6 heterocycles. The number of nitrogens with one attached hydrogen (secondary N) is 2. The summed E-state index contributed by atoms with van der Waals surface area (Å²) >= 11 is 2.57. The van der Waals surface area contributed by atoms with Gasteiger partial charge in [-0.1, -0.05) is 6.07 Å². The molecule has 0 spiro atoms. The molecule has 21 heteroatoms. The third kappa shape index (κ3) is 6.49. The third-order valence-electron chi connectivity index (χ3n) is 7.26. The van der Waals surface area contributed by atoms with Crippen molar-refractivity contribution in [1.82, 2.24) is 34.5 Å². The van der Waals surface area contributed by atoms with Gasteiger partial charge in [0.2, 0.25) is 5.91 Å². The molecular formula is C25H26N8O10S3. The molecule has 4 atom stereocenters. The zero-order valence-electron chi connectivity index (χ0n) is 23.6. The molecule has 3 amide bonds. The monoisotopic (exact) mass is 694 g/mol. The highest BCUT2D eigenvalue weighted by atomic mass is 32.2. The van der Waals surface area contributed by atoms with Gasteiger partial charge < -0.3 is 25.6 Å². The van der Waals surface area contributed by atoms with Crippen LogP contribution in [0.25, 0.3) is 11.2 Å². The number of carbonyl (C=O) groups is 4. The first-order valence-corrected chi connectivity index (χ1v) is 17.0. The van der Waals surface area contributed by atoms with E-state index in [0.29, 0.717) is 24.0 Å². The third-order valence-corrected chi connectivity index (χ3v) is 10.3. The average Bonchev–Trinajstić information content (AvgIpc) is 3.79. The van der Waals surface area contributed by atoms with Crippen LogP contribution in [0, 0.1) is 0 Å². The summed E-state index contributed by atoms with van der Waals surface area (Å²) in [6, 6.07) is 2.68. The van der Waals surface area contributed by atoms with E-state index < -0.39 is 70.9 Å². The fourth-order valence-electron chi connectivity index (χ4n) is 5.16. The van der Waals surface area contributed by atoms with Crippen molar-refractivity contribution in [2.24, 2.45) is 0 Å². The lowest BCUT2D eigenvalue weighted by Crippen LogP contribution is -2.70. The topological polar surface area (TPSA) is 247 Å². The number of thiophene rings is 1. The molecule has 3 aliphatic rings. The number of aliphatic carboxylic acids is 1. The second kappa shape index (κ2) is 12.8. The van der Waals surface area contributed by atoms with E-state index in [4.69, 9.17) is 19.4 Å². The molecule has 0 saturated carbocycles. The van der Waals surface area contributed by atoms with E-state index in [-0.39, 0.29) is 29.5 Å². The van der Waals surface area contributed by atoms with Crippen LogP contribution in [0.15, 0.2) is 41.4 Å². The molecule has 0 unspecified atom stereocenters. The van der Waals surface area contributed by atoms with Crippen LogP contribution < -0.4 is 15.8 Å². The van der Waals surface area contributed by atoms with E-state index in [1.54, 1.807) is 21.4 Å². The molecule has 0 aromatic carbocycles. The first kappa shape index (κ1) is 31.7. The fourth-order valence-corrected chi connectivity index (χ4v) is 7.85. The summed E-state index contributed by atoms with van der Waals surface area (Å²) in [5, 5.41) is 13.6. The van der Waals surface area contributed by atoms with Gasteiger partial charge in [-0.05, 0) is 24.3 Å². The number of imidazole rings is 1. The maximum atomic E-state index is 12.8. The number of amides is 3. The minimum absolute atomic E-state index is 0.0505. The quantitative estimate of drug-likeness (QED) is 0.195. The summed E-state index contributed by atoms with van der Waals surface area (Å²) in [7, 11) is -4.62. The summed E-state index contributed by atoms with van der Waals surface area (Å²) in [4.78, 5) is 63.6. The normalized spacial score (nSPS) is 22.8. The number of β-lactam (4-membered cyclic amide) rings is 1. The number of carboxylic acid groups (broad SMARTS) is 1. The van der Waals surface area contributed by atoms with E-state index in [0.717, 1.165) is 9.78 Å². The number of nitrogen functional groups attached to an aromatic ring is 1. The Balaban J connectivity index is 0.987. The molecule has 6 rings (SSSR count). The van der Waals surface area contributed by atoms with Gasteiger partial charge in [0.15, 0.2) is 11.5 Å². The Labute approximate surface area is 268 Å². The molecule has 3 aliphatic heterocycles. The molecule has 3 aromatic heterocycles. The lowest BCUT2D eigenvalue weighted by atomic mass is 10.0. The zero-order valence-corrected chi connectivity index (χ0v) is 26.0. The Morgan fingerprint density at radius 2 is 2.04 bits per heavy atom. The highest BCUT2D eigenvalue weighted by Gasteiger charge is 2.54. The molecule has 2 fully saturated rings. The number of thioether (sulfide) groups is 1. The zero-order chi connectivity index (χ0) is 32.6. The van der Waals surface area contributed by atoms with Gasteiger partial charge in [-0.2, -0.15) is 13.1 Å². The number of nitrogens with zero attached hydrogens (tertiary/aromatic N) is 5. The number of rotatable bonds is 11. The van der Waals surface area contributed by atoms with E-state index >= 15 is 0 Å². The molecule has 0 radical (unpaired) electrons. The maximum Gasteiger partial charge on any atom is 0.423 e. The van der Waals surface area contributed by atoms with Gasteiger partial charge in [0.05, 0.1) is 25.5 Å². The molecule has 3 aromatic rings. The molecule has 18 nitrogen and oxygen atoms in total. The Kier molecular flexibility index (Phi) is 8.83. The fraction of sp³-hybridized carbons (Fsp3) is 0.400. The molecule has 46 heavy (non-hydrogen) atoms. The molecule has 244 valence electrons. The van der Waals surface area contributed by atoms with Crippen molar-refractivity contribution >= 4 is 74.3 Å². The number of hydrogen-bond acceptors (Lipinski definition) is 15. The number of nitrogens with two attached hydrogens (primary N) is 1. The highest BCUT2D eigenvalue weighted by molar-refractivity contribution is 8.00. The number of ether oxygens (including phenoxy) is 2. The number of carboxylic acids is 1. The van der Waals surface area contributed by atoms with Crippen molar-refractivity contribution in [3.8, 4) is 0 Å². The molecular weight excluding hydrogens is 669 g/mol. The van der Waals surface area contributed by atoms with Crippen LogP contribution in [-0.4, -0.2) is 98.3 Å². The van der Waals surface area contributed by atoms with Gasteiger partial charge in [-0.15, -0.1) is 23.1 Å². The Morgan fingerprint density at radius 3 is 2.80 bits per heavy atom. The smallest absolute Gasteiger partial charge is 0.423 e. The SMILES string of the molecule is Nc1ncnc2c1ncn2[C@H]1CC[C@@H](COS(=O)(=O)NC(=O)OCC2=C(C(=O)O)N3C(=O)[C@@H](NC(=O)Cc4cccs4)[C@H]3SC2)O1. The average molecular weight is 695 g/mol. The van der Waals surface area contributed by atoms with Crippen molar-refractivity contribution in [3.05, 3.63) is 46.3 Å². The van der Waals surface area contributed by atoms with Crippen molar-refractivity contribution in [2.45, 2.75) is 43.0 Å². The van der Waals surface area contributed by atoms with Crippen LogP contribution in [0.2, 0.25) is 0 Å². The summed E-state index contributed by atoms with van der Waals surface area (Å²) in [5.41, 5.74) is 6.36. The van der Waals surface area contributed by atoms with Gasteiger partial charge in [0, 0.05) is 16.2 Å². The van der Waals surface area contributed by atoms with Crippen molar-refractivity contribution in [3.63, 3.8) is 0 Å². The summed E-state index contributed by atoms with van der Waals surface area (Å²) in [5.74, 6) is -2.17. The van der Waals surface area contributed by atoms with Gasteiger partial charge in [-0.25, -0.2) is 24.5 Å². The van der Waals surface area contributed by atoms with Crippen LogP contribution in [-0.2, 0) is 44.8 Å². The minimum Gasteiger partial charge on any atom is -0.477 e. The summed E-state index contributed by atoms with van der Waals surface area (Å²) < 4.78 is 43.8. The van der Waals surface area contributed by atoms with Gasteiger partial charge in [-0.3, -0.25) is 23.2 Å². The summed E-state index contributed by atoms with van der Waals surface area (Å²) in [6.07, 6.45) is 1.26. The standard InChI is InChI=1S/C25H26N8O10S3/c26-20-17-21(28-10-27-20)32(11-29-17)16-4-3-13(43-16)8-42-46(39,40)31-25(38)41-7-12-9-45-23-18(22(35)33(23)19(12)24(36)37)30-15(34)6-14-2-1-5-44-14/h1-2,5,10-11,13,16,18,23H,3-4,6-9H2,(H,30,34)(H,31,38)(H,36,37)(H2,26,27,28)/t13-,16+,18+,23+/m0/s1. The van der Waals surface area contributed by atoms with Crippen LogP contribution in [0.1, 0.15) is 23.9 Å². The van der Waals surface area contributed by atoms with Crippen molar-refractivity contribution in [1.29, 1.82) is 0 Å².